The molecule has 0 saturated heterocycles. The van der Waals surface area contributed by atoms with E-state index in [9.17, 15) is 4.79 Å². The molecule has 0 atom stereocenters. The van der Waals surface area contributed by atoms with E-state index < -0.39 is 5.97 Å². The topological polar surface area (TPSA) is 52.3 Å². The van der Waals surface area contributed by atoms with Gasteiger partial charge in [-0.15, -0.1) is 0 Å². The molecule has 0 spiro atoms. The quantitative estimate of drug-likeness (QED) is 0.455. The van der Waals surface area contributed by atoms with E-state index in [-0.39, 0.29) is 57.9 Å². The van der Waals surface area contributed by atoms with Crippen LogP contribution in [0.5, 0.6) is 5.75 Å². The zero-order valence-corrected chi connectivity index (χ0v) is 7.04. The summed E-state index contributed by atoms with van der Waals surface area (Å²) in [5, 5.41) is 0.525. The monoisotopic (exact) mass is 225 g/mol. The Bertz CT molecular complexity index is 293. The molecule has 0 heterocycles. The molecule has 1 aromatic rings. The van der Waals surface area contributed by atoms with Crippen LogP contribution in [-0.4, -0.2) is 63.9 Å². The van der Waals surface area contributed by atoms with E-state index in [0.717, 1.165) is 0 Å². The SMILES string of the molecule is NCC(=O)Oc1cccc(Cl)c1.[KH]. The van der Waals surface area contributed by atoms with E-state index in [1.54, 1.807) is 24.3 Å². The molecule has 0 aliphatic heterocycles. The Morgan fingerprint density at radius 3 is 2.77 bits per heavy atom. The van der Waals surface area contributed by atoms with Crippen LogP contribution in [0.1, 0.15) is 0 Å². The van der Waals surface area contributed by atoms with E-state index in [4.69, 9.17) is 22.1 Å². The van der Waals surface area contributed by atoms with Crippen molar-refractivity contribution >= 4 is 69.0 Å². The number of halogens is 1. The van der Waals surface area contributed by atoms with Gasteiger partial charge in [0.25, 0.3) is 0 Å². The molecule has 0 amide bonds. The molecule has 0 unspecified atom stereocenters. The van der Waals surface area contributed by atoms with Crippen molar-refractivity contribution in [2.24, 2.45) is 5.73 Å². The number of rotatable bonds is 2. The van der Waals surface area contributed by atoms with Gasteiger partial charge in [0.1, 0.15) is 5.75 Å². The normalized spacial score (nSPS) is 8.77. The van der Waals surface area contributed by atoms with E-state index in [1.807, 2.05) is 0 Å². The van der Waals surface area contributed by atoms with E-state index in [1.165, 1.54) is 0 Å². The van der Waals surface area contributed by atoms with Gasteiger partial charge in [-0.25, -0.2) is 0 Å². The number of ether oxygens (including phenoxy) is 1. The van der Waals surface area contributed by atoms with Crippen molar-refractivity contribution in [3.8, 4) is 5.75 Å². The van der Waals surface area contributed by atoms with Gasteiger partial charge in [0.05, 0.1) is 6.54 Å². The first-order valence-corrected chi connectivity index (χ1v) is 3.76. The summed E-state index contributed by atoms with van der Waals surface area (Å²) >= 11 is 5.65. The Balaban J connectivity index is 0.00000144. The molecule has 0 aromatic heterocycles. The summed E-state index contributed by atoms with van der Waals surface area (Å²) in [6, 6.07) is 6.58. The summed E-state index contributed by atoms with van der Waals surface area (Å²) in [6.45, 7) is -0.132. The number of esters is 1. The average molecular weight is 226 g/mol. The molecule has 2 N–H and O–H groups in total. The summed E-state index contributed by atoms with van der Waals surface area (Å²) in [7, 11) is 0. The predicted molar refractivity (Wildman–Crippen MR) is 53.3 cm³/mol. The summed E-state index contributed by atoms with van der Waals surface area (Å²) in [4.78, 5) is 10.7. The van der Waals surface area contributed by atoms with Gasteiger partial charge in [-0.1, -0.05) is 17.7 Å². The van der Waals surface area contributed by atoms with Crippen molar-refractivity contribution in [1.82, 2.24) is 0 Å². The Hall–Kier alpha value is 0.576. The molecule has 5 heteroatoms. The second-order valence-electron chi connectivity index (χ2n) is 2.14. The molecule has 13 heavy (non-hydrogen) atoms. The fourth-order valence-electron chi connectivity index (χ4n) is 0.704. The van der Waals surface area contributed by atoms with Crippen LogP contribution in [0.2, 0.25) is 5.02 Å². The van der Waals surface area contributed by atoms with Crippen molar-refractivity contribution in [3.05, 3.63) is 29.3 Å². The number of hydrogen-bond acceptors (Lipinski definition) is 3. The van der Waals surface area contributed by atoms with Gasteiger partial charge < -0.3 is 10.5 Å². The zero-order valence-electron chi connectivity index (χ0n) is 6.29. The van der Waals surface area contributed by atoms with Crippen LogP contribution < -0.4 is 10.5 Å². The summed E-state index contributed by atoms with van der Waals surface area (Å²) in [5.74, 6) is -0.0600. The van der Waals surface area contributed by atoms with E-state index in [0.29, 0.717) is 10.8 Å². The van der Waals surface area contributed by atoms with Gasteiger partial charge in [-0.2, -0.15) is 0 Å². The van der Waals surface area contributed by atoms with Gasteiger partial charge in [0.2, 0.25) is 0 Å². The first kappa shape index (κ1) is 13.6. The maximum atomic E-state index is 10.7. The summed E-state index contributed by atoms with van der Waals surface area (Å²) in [5.41, 5.74) is 5.05. The first-order valence-electron chi connectivity index (χ1n) is 3.38. The Labute approximate surface area is 124 Å². The van der Waals surface area contributed by atoms with Crippen LogP contribution in [0.3, 0.4) is 0 Å². The Morgan fingerprint density at radius 2 is 2.23 bits per heavy atom. The fraction of sp³-hybridized carbons (Fsp3) is 0.125. The van der Waals surface area contributed by atoms with Crippen molar-refractivity contribution in [1.29, 1.82) is 0 Å². The van der Waals surface area contributed by atoms with Gasteiger partial charge >= 0.3 is 57.4 Å². The second kappa shape index (κ2) is 6.95. The molecule has 0 aliphatic carbocycles. The summed E-state index contributed by atoms with van der Waals surface area (Å²) in [6.07, 6.45) is 0. The van der Waals surface area contributed by atoms with E-state index in [2.05, 4.69) is 0 Å². The van der Waals surface area contributed by atoms with Crippen LogP contribution in [0.4, 0.5) is 0 Å². The first-order chi connectivity index (χ1) is 5.72. The average Bonchev–Trinajstić information content (AvgIpc) is 2.04. The third-order valence-corrected chi connectivity index (χ3v) is 1.43. The Kier molecular flexibility index (Phi) is 7.25. The number of carbonyl (C=O) groups is 1. The van der Waals surface area contributed by atoms with Crippen molar-refractivity contribution in [2.45, 2.75) is 0 Å². The van der Waals surface area contributed by atoms with Crippen molar-refractivity contribution in [2.75, 3.05) is 6.54 Å². The molecule has 0 fully saturated rings. The van der Waals surface area contributed by atoms with E-state index >= 15 is 0 Å². The number of benzene rings is 1. The minimum absolute atomic E-state index is 0. The third-order valence-electron chi connectivity index (χ3n) is 1.19. The molecule has 1 rings (SSSR count). The molecular weight excluding hydrogens is 217 g/mol. The molecule has 0 saturated carbocycles. The van der Waals surface area contributed by atoms with Gasteiger partial charge in [-0.3, -0.25) is 4.79 Å². The minimum atomic E-state index is -0.475. The van der Waals surface area contributed by atoms with Crippen LogP contribution in [-0.2, 0) is 4.79 Å². The van der Waals surface area contributed by atoms with Crippen LogP contribution in [0, 0.1) is 0 Å². The molecular formula is C8H9ClKNO2. The molecule has 3 nitrogen and oxygen atoms in total. The van der Waals surface area contributed by atoms with Gasteiger partial charge in [0.15, 0.2) is 0 Å². The Morgan fingerprint density at radius 1 is 1.54 bits per heavy atom. The van der Waals surface area contributed by atoms with Crippen molar-refractivity contribution < 1.29 is 9.53 Å². The number of hydrogen-bond donors (Lipinski definition) is 1. The molecule has 1 aromatic carbocycles. The van der Waals surface area contributed by atoms with Crippen molar-refractivity contribution in [3.63, 3.8) is 0 Å². The summed E-state index contributed by atoms with van der Waals surface area (Å²) < 4.78 is 4.80. The van der Waals surface area contributed by atoms with Crippen LogP contribution in [0.15, 0.2) is 24.3 Å². The molecule has 0 radical (unpaired) electrons. The fourth-order valence-corrected chi connectivity index (χ4v) is 0.884. The van der Waals surface area contributed by atoms with Gasteiger partial charge in [0, 0.05) is 5.02 Å². The second-order valence-corrected chi connectivity index (χ2v) is 2.57. The predicted octanol–water partition coefficient (Wildman–Crippen LogP) is 0.556. The zero-order chi connectivity index (χ0) is 8.97. The van der Waals surface area contributed by atoms with Crippen LogP contribution >= 0.6 is 11.6 Å². The third kappa shape index (κ3) is 5.12. The molecule has 0 bridgehead atoms. The maximum absolute atomic E-state index is 10.7. The van der Waals surface area contributed by atoms with Crippen LogP contribution in [0.25, 0.3) is 0 Å². The molecule has 66 valence electrons. The molecule has 0 aliphatic rings. The standard InChI is InChI=1S/C8H8ClNO2.K.H/c9-6-2-1-3-7(4-6)12-8(11)5-10;;/h1-4H,5,10H2;;. The number of nitrogens with two attached hydrogens (primary N) is 1. The number of carbonyl (C=O) groups excluding carboxylic acids is 1. The van der Waals surface area contributed by atoms with Gasteiger partial charge in [-0.05, 0) is 18.2 Å².